The molecule has 0 atom stereocenters. The van der Waals surface area contributed by atoms with E-state index in [1.54, 1.807) is 6.08 Å². The quantitative estimate of drug-likeness (QED) is 0.769. The number of nitrogens with one attached hydrogen (secondary N) is 1. The van der Waals surface area contributed by atoms with Crippen molar-refractivity contribution in [3.63, 3.8) is 0 Å². The van der Waals surface area contributed by atoms with Gasteiger partial charge in [0.1, 0.15) is 12.4 Å². The van der Waals surface area contributed by atoms with Crippen LogP contribution in [0.3, 0.4) is 0 Å². The maximum Gasteiger partial charge on any atom is 0.124 e. The SMILES string of the molecule is C=CCOc1ccccc1CNc1c(C)cccc1Cl. The molecule has 1 N–H and O–H groups in total. The van der Waals surface area contributed by atoms with Crippen molar-refractivity contribution in [3.8, 4) is 5.75 Å². The first-order valence-corrected chi connectivity index (χ1v) is 6.90. The van der Waals surface area contributed by atoms with Crippen LogP contribution in [0.2, 0.25) is 5.02 Å². The lowest BCUT2D eigenvalue weighted by Crippen LogP contribution is -2.04. The Balaban J connectivity index is 2.13. The van der Waals surface area contributed by atoms with Crippen LogP contribution >= 0.6 is 11.6 Å². The summed E-state index contributed by atoms with van der Waals surface area (Å²) in [5.74, 6) is 0.865. The molecule has 3 heteroatoms. The average Bonchev–Trinajstić information content (AvgIpc) is 2.45. The Bertz CT molecular complexity index is 575. The van der Waals surface area contributed by atoms with Crippen LogP contribution < -0.4 is 10.1 Å². The van der Waals surface area contributed by atoms with Crippen molar-refractivity contribution in [2.24, 2.45) is 0 Å². The monoisotopic (exact) mass is 287 g/mol. The third kappa shape index (κ3) is 3.55. The highest BCUT2D eigenvalue weighted by atomic mass is 35.5. The maximum absolute atomic E-state index is 6.21. The molecule has 2 aromatic rings. The Labute approximate surface area is 125 Å². The minimum atomic E-state index is 0.502. The molecule has 0 fully saturated rings. The number of anilines is 1. The Morgan fingerprint density at radius 3 is 2.75 bits per heavy atom. The molecule has 0 saturated heterocycles. The highest BCUT2D eigenvalue weighted by molar-refractivity contribution is 6.33. The van der Waals surface area contributed by atoms with E-state index in [4.69, 9.17) is 16.3 Å². The molecule has 2 nitrogen and oxygen atoms in total. The summed E-state index contributed by atoms with van der Waals surface area (Å²) in [6, 6.07) is 13.8. The normalized spacial score (nSPS) is 10.1. The summed E-state index contributed by atoms with van der Waals surface area (Å²) in [5, 5.41) is 4.11. The van der Waals surface area contributed by atoms with Crippen molar-refractivity contribution in [3.05, 3.63) is 71.3 Å². The molecule has 0 bridgehead atoms. The molecule has 104 valence electrons. The van der Waals surface area contributed by atoms with Gasteiger partial charge in [-0.2, -0.15) is 0 Å². The Kier molecular flexibility index (Phi) is 5.08. The van der Waals surface area contributed by atoms with Gasteiger partial charge in [0.05, 0.1) is 10.7 Å². The van der Waals surface area contributed by atoms with E-state index in [0.29, 0.717) is 13.2 Å². The molecule has 20 heavy (non-hydrogen) atoms. The number of hydrogen-bond acceptors (Lipinski definition) is 2. The van der Waals surface area contributed by atoms with Gasteiger partial charge < -0.3 is 10.1 Å². The fourth-order valence-corrected chi connectivity index (χ4v) is 2.27. The van der Waals surface area contributed by atoms with Gasteiger partial charge in [0.2, 0.25) is 0 Å². The number of aryl methyl sites for hydroxylation is 1. The Hall–Kier alpha value is -1.93. The van der Waals surface area contributed by atoms with E-state index in [1.165, 1.54) is 0 Å². The second-order valence-corrected chi connectivity index (χ2v) is 4.90. The largest absolute Gasteiger partial charge is 0.489 e. The van der Waals surface area contributed by atoms with Crippen molar-refractivity contribution < 1.29 is 4.74 Å². The highest BCUT2D eigenvalue weighted by Crippen LogP contribution is 2.27. The van der Waals surface area contributed by atoms with Crippen LogP contribution in [0.25, 0.3) is 0 Å². The number of para-hydroxylation sites is 2. The molecule has 0 saturated carbocycles. The predicted octanol–water partition coefficient (Wildman–Crippen LogP) is 4.83. The fourth-order valence-electron chi connectivity index (χ4n) is 1.98. The molecule has 0 aliphatic carbocycles. The molecule has 0 spiro atoms. The van der Waals surface area contributed by atoms with Gasteiger partial charge in [-0.3, -0.25) is 0 Å². The van der Waals surface area contributed by atoms with E-state index in [0.717, 1.165) is 27.6 Å². The van der Waals surface area contributed by atoms with E-state index < -0.39 is 0 Å². The molecule has 0 amide bonds. The highest BCUT2D eigenvalue weighted by Gasteiger charge is 2.06. The number of ether oxygens (including phenoxy) is 1. The molecule has 0 unspecified atom stereocenters. The smallest absolute Gasteiger partial charge is 0.124 e. The molecular weight excluding hydrogens is 270 g/mol. The lowest BCUT2D eigenvalue weighted by atomic mass is 10.1. The summed E-state index contributed by atoms with van der Waals surface area (Å²) in [5.41, 5.74) is 3.18. The standard InChI is InChI=1S/C17H18ClNO/c1-3-11-20-16-10-5-4-8-14(16)12-19-17-13(2)7-6-9-15(17)18/h3-10,19H,1,11-12H2,2H3. The van der Waals surface area contributed by atoms with Crippen LogP contribution in [0.1, 0.15) is 11.1 Å². The van der Waals surface area contributed by atoms with Crippen molar-refractivity contribution in [2.75, 3.05) is 11.9 Å². The maximum atomic E-state index is 6.21. The van der Waals surface area contributed by atoms with E-state index in [2.05, 4.69) is 11.9 Å². The molecule has 0 heterocycles. The molecule has 0 aromatic heterocycles. The third-order valence-corrected chi connectivity index (χ3v) is 3.32. The first kappa shape index (κ1) is 14.5. The van der Waals surface area contributed by atoms with Crippen molar-refractivity contribution in [2.45, 2.75) is 13.5 Å². The van der Waals surface area contributed by atoms with Crippen LogP contribution in [-0.4, -0.2) is 6.61 Å². The van der Waals surface area contributed by atoms with Gasteiger partial charge in [0.15, 0.2) is 0 Å². The van der Waals surface area contributed by atoms with Gasteiger partial charge in [-0.1, -0.05) is 54.6 Å². The zero-order valence-corrected chi connectivity index (χ0v) is 12.3. The number of halogens is 1. The molecule has 0 aliphatic rings. The number of hydrogen-bond donors (Lipinski definition) is 1. The first-order valence-electron chi connectivity index (χ1n) is 6.53. The average molecular weight is 288 g/mol. The fraction of sp³-hybridized carbons (Fsp3) is 0.176. The third-order valence-electron chi connectivity index (χ3n) is 3.01. The van der Waals surface area contributed by atoms with E-state index >= 15 is 0 Å². The van der Waals surface area contributed by atoms with Gasteiger partial charge in [-0.15, -0.1) is 0 Å². The lowest BCUT2D eigenvalue weighted by Gasteiger charge is -2.14. The summed E-state index contributed by atoms with van der Waals surface area (Å²) in [6.07, 6.45) is 1.74. The Morgan fingerprint density at radius 2 is 2.00 bits per heavy atom. The van der Waals surface area contributed by atoms with Crippen molar-refractivity contribution in [1.29, 1.82) is 0 Å². The summed E-state index contributed by atoms with van der Waals surface area (Å²) in [7, 11) is 0. The minimum Gasteiger partial charge on any atom is -0.489 e. The second kappa shape index (κ2) is 7.01. The van der Waals surface area contributed by atoms with Gasteiger partial charge in [0, 0.05) is 12.1 Å². The summed E-state index contributed by atoms with van der Waals surface area (Å²) >= 11 is 6.21. The number of benzene rings is 2. The minimum absolute atomic E-state index is 0.502. The summed E-state index contributed by atoms with van der Waals surface area (Å²) in [6.45, 7) is 6.87. The van der Waals surface area contributed by atoms with Crippen molar-refractivity contribution in [1.82, 2.24) is 0 Å². The van der Waals surface area contributed by atoms with Gasteiger partial charge >= 0.3 is 0 Å². The van der Waals surface area contributed by atoms with Gasteiger partial charge in [0.25, 0.3) is 0 Å². The summed E-state index contributed by atoms with van der Waals surface area (Å²) in [4.78, 5) is 0. The van der Waals surface area contributed by atoms with Crippen LogP contribution in [0.5, 0.6) is 5.75 Å². The zero-order chi connectivity index (χ0) is 14.4. The van der Waals surface area contributed by atoms with Crippen molar-refractivity contribution >= 4 is 17.3 Å². The predicted molar refractivity (Wildman–Crippen MR) is 85.6 cm³/mol. The van der Waals surface area contributed by atoms with Crippen LogP contribution in [0.15, 0.2) is 55.1 Å². The second-order valence-electron chi connectivity index (χ2n) is 4.49. The van der Waals surface area contributed by atoms with Crippen LogP contribution in [0, 0.1) is 6.92 Å². The molecular formula is C17H18ClNO. The van der Waals surface area contributed by atoms with Gasteiger partial charge in [-0.25, -0.2) is 0 Å². The Morgan fingerprint density at radius 1 is 1.20 bits per heavy atom. The topological polar surface area (TPSA) is 21.3 Å². The molecule has 2 rings (SSSR count). The molecule has 0 radical (unpaired) electrons. The first-order chi connectivity index (χ1) is 9.72. The van der Waals surface area contributed by atoms with E-state index in [-0.39, 0.29) is 0 Å². The lowest BCUT2D eigenvalue weighted by molar-refractivity contribution is 0.359. The summed E-state index contributed by atoms with van der Waals surface area (Å²) < 4.78 is 5.64. The van der Waals surface area contributed by atoms with E-state index in [1.807, 2.05) is 49.4 Å². The van der Waals surface area contributed by atoms with Gasteiger partial charge in [-0.05, 0) is 24.6 Å². The number of rotatable bonds is 6. The van der Waals surface area contributed by atoms with Crippen LogP contribution in [0.4, 0.5) is 5.69 Å². The molecule has 2 aromatic carbocycles. The van der Waals surface area contributed by atoms with Crippen LogP contribution in [-0.2, 0) is 6.54 Å². The van der Waals surface area contributed by atoms with E-state index in [9.17, 15) is 0 Å². The zero-order valence-electron chi connectivity index (χ0n) is 11.5. The molecule has 0 aliphatic heterocycles.